The molecule has 0 bridgehead atoms. The fourth-order valence-corrected chi connectivity index (χ4v) is 6.54. The highest BCUT2D eigenvalue weighted by Gasteiger charge is 2.20. The van der Waals surface area contributed by atoms with E-state index in [-0.39, 0.29) is 0 Å². The van der Waals surface area contributed by atoms with Gasteiger partial charge in [-0.25, -0.2) is 15.0 Å². The molecule has 130 valence electrons. The molecule has 1 aliphatic rings. The first-order valence-corrected chi connectivity index (χ1v) is 11.4. The van der Waals surface area contributed by atoms with E-state index in [0.717, 1.165) is 26.3 Å². The van der Waals surface area contributed by atoms with Crippen LogP contribution in [0.25, 0.3) is 20.8 Å². The lowest BCUT2D eigenvalue weighted by Gasteiger charge is -2.11. The molecule has 4 aromatic rings. The highest BCUT2D eigenvalue weighted by atomic mass is 32.2. The van der Waals surface area contributed by atoms with Crippen molar-refractivity contribution in [1.82, 2.24) is 15.0 Å². The van der Waals surface area contributed by atoms with Crippen molar-refractivity contribution in [2.24, 2.45) is 0 Å². The van der Waals surface area contributed by atoms with Crippen LogP contribution in [0.15, 0.2) is 47.1 Å². The summed E-state index contributed by atoms with van der Waals surface area (Å²) in [4.78, 5) is 16.6. The van der Waals surface area contributed by atoms with Crippen molar-refractivity contribution < 1.29 is 0 Å². The van der Waals surface area contributed by atoms with E-state index in [9.17, 15) is 0 Å². The molecule has 26 heavy (non-hydrogen) atoms. The first-order valence-electron chi connectivity index (χ1n) is 8.76. The molecule has 0 saturated carbocycles. The van der Waals surface area contributed by atoms with Crippen LogP contribution in [0, 0.1) is 0 Å². The van der Waals surface area contributed by atoms with Gasteiger partial charge in [0.2, 0.25) is 0 Å². The summed E-state index contributed by atoms with van der Waals surface area (Å²) in [6, 6.07) is 10.4. The smallest absolute Gasteiger partial charge is 0.128 e. The first-order chi connectivity index (χ1) is 12.9. The molecule has 0 saturated heterocycles. The zero-order valence-corrected chi connectivity index (χ0v) is 16.6. The van der Waals surface area contributed by atoms with E-state index in [4.69, 9.17) is 4.98 Å². The number of hydrogen-bond donors (Lipinski definition) is 0. The van der Waals surface area contributed by atoms with Crippen molar-refractivity contribution in [2.45, 2.75) is 36.5 Å². The van der Waals surface area contributed by atoms with Gasteiger partial charge in [0.05, 0.1) is 5.69 Å². The van der Waals surface area contributed by atoms with Crippen molar-refractivity contribution in [3.63, 3.8) is 0 Å². The van der Waals surface area contributed by atoms with Gasteiger partial charge in [0, 0.05) is 27.0 Å². The Labute approximate surface area is 164 Å². The molecular formula is C20H17N3S3. The van der Waals surface area contributed by atoms with Crippen molar-refractivity contribution >= 4 is 44.7 Å². The van der Waals surface area contributed by atoms with Gasteiger partial charge in [-0.1, -0.05) is 42.1 Å². The van der Waals surface area contributed by atoms with Crippen molar-refractivity contribution in [2.75, 3.05) is 0 Å². The Kier molecular flexibility index (Phi) is 4.48. The quantitative estimate of drug-likeness (QED) is 0.314. The van der Waals surface area contributed by atoms with Gasteiger partial charge >= 0.3 is 0 Å². The number of benzene rings is 1. The topological polar surface area (TPSA) is 38.7 Å². The van der Waals surface area contributed by atoms with Gasteiger partial charge < -0.3 is 0 Å². The van der Waals surface area contributed by atoms with E-state index in [2.05, 4.69) is 39.6 Å². The zero-order chi connectivity index (χ0) is 17.3. The summed E-state index contributed by atoms with van der Waals surface area (Å²) in [5.41, 5.74) is 3.81. The number of aromatic nitrogens is 3. The Morgan fingerprint density at radius 1 is 1.04 bits per heavy atom. The third-order valence-corrected chi connectivity index (χ3v) is 7.81. The molecule has 1 aromatic carbocycles. The number of thiophene rings is 1. The van der Waals surface area contributed by atoms with E-state index in [0.29, 0.717) is 0 Å². The second-order valence-corrected chi connectivity index (χ2v) is 9.27. The van der Waals surface area contributed by atoms with E-state index in [1.807, 2.05) is 17.4 Å². The molecule has 1 aliphatic carbocycles. The highest BCUT2D eigenvalue weighted by Crippen LogP contribution is 2.40. The van der Waals surface area contributed by atoms with Crippen LogP contribution in [0.4, 0.5) is 0 Å². The molecular weight excluding hydrogens is 378 g/mol. The van der Waals surface area contributed by atoms with E-state index >= 15 is 0 Å². The van der Waals surface area contributed by atoms with Gasteiger partial charge in [0.1, 0.15) is 21.2 Å². The van der Waals surface area contributed by atoms with E-state index < -0.39 is 0 Å². The average Bonchev–Trinajstić information content (AvgIpc) is 3.32. The number of nitrogens with zero attached hydrogens (tertiary/aromatic N) is 3. The van der Waals surface area contributed by atoms with Crippen LogP contribution >= 0.6 is 34.4 Å². The zero-order valence-electron chi connectivity index (χ0n) is 14.1. The second-order valence-electron chi connectivity index (χ2n) is 6.37. The molecule has 0 aliphatic heterocycles. The molecule has 0 unspecified atom stereocenters. The summed E-state index contributed by atoms with van der Waals surface area (Å²) in [5, 5.41) is 5.66. The lowest BCUT2D eigenvalue weighted by atomic mass is 9.97. The predicted molar refractivity (Wildman–Crippen MR) is 111 cm³/mol. The molecule has 0 spiro atoms. The maximum Gasteiger partial charge on any atom is 0.128 e. The number of rotatable bonds is 4. The molecule has 3 nitrogen and oxygen atoms in total. The van der Waals surface area contributed by atoms with Crippen LogP contribution in [0.5, 0.6) is 0 Å². The molecule has 0 atom stereocenters. The molecule has 3 heterocycles. The third kappa shape index (κ3) is 3.06. The summed E-state index contributed by atoms with van der Waals surface area (Å²) in [7, 11) is 0. The fourth-order valence-electron chi connectivity index (χ4n) is 3.40. The second kappa shape index (κ2) is 7.10. The molecule has 3 aromatic heterocycles. The highest BCUT2D eigenvalue weighted by molar-refractivity contribution is 7.98. The van der Waals surface area contributed by atoms with Gasteiger partial charge in [0.15, 0.2) is 0 Å². The Morgan fingerprint density at radius 2 is 1.92 bits per heavy atom. The van der Waals surface area contributed by atoms with Crippen molar-refractivity contribution in [1.29, 1.82) is 0 Å². The summed E-state index contributed by atoms with van der Waals surface area (Å²) < 4.78 is 0. The van der Waals surface area contributed by atoms with Gasteiger partial charge in [-0.05, 0) is 31.2 Å². The van der Waals surface area contributed by atoms with Gasteiger partial charge in [-0.3, -0.25) is 0 Å². The molecule has 0 amide bonds. The van der Waals surface area contributed by atoms with Gasteiger partial charge in [-0.15, -0.1) is 22.7 Å². The van der Waals surface area contributed by atoms with Crippen LogP contribution in [0.3, 0.4) is 0 Å². The van der Waals surface area contributed by atoms with Crippen LogP contribution in [-0.2, 0) is 18.6 Å². The standard InChI is InChI=1S/C20H17N3S3/c1-2-6-13(7-3-1)18-23-14(10-24-18)11-25-19-17-15-8-4-5-9-16(15)26-20(17)22-12-21-19/h1-3,6-7,10,12H,4-5,8-9,11H2. The maximum atomic E-state index is 4.81. The molecule has 0 fully saturated rings. The van der Waals surface area contributed by atoms with E-state index in [1.54, 1.807) is 29.4 Å². The van der Waals surface area contributed by atoms with Crippen molar-refractivity contribution in [3.05, 3.63) is 58.2 Å². The monoisotopic (exact) mass is 395 g/mol. The van der Waals surface area contributed by atoms with Gasteiger partial charge in [-0.2, -0.15) is 0 Å². The lowest BCUT2D eigenvalue weighted by molar-refractivity contribution is 0.699. The van der Waals surface area contributed by atoms with Crippen LogP contribution in [0.1, 0.15) is 29.0 Å². The number of aryl methyl sites for hydroxylation is 2. The summed E-state index contributed by atoms with van der Waals surface area (Å²) in [5.74, 6) is 0.847. The van der Waals surface area contributed by atoms with Crippen molar-refractivity contribution in [3.8, 4) is 10.6 Å². The predicted octanol–water partition coefficient (Wildman–Crippen LogP) is 5.99. The maximum absolute atomic E-state index is 4.81. The normalized spacial score (nSPS) is 13.8. The molecule has 5 rings (SSSR count). The minimum absolute atomic E-state index is 0.847. The number of thioether (sulfide) groups is 1. The number of thiazole rings is 1. The minimum Gasteiger partial charge on any atom is -0.240 e. The summed E-state index contributed by atoms with van der Waals surface area (Å²) in [6.45, 7) is 0. The lowest BCUT2D eigenvalue weighted by Crippen LogP contribution is -1.99. The average molecular weight is 396 g/mol. The van der Waals surface area contributed by atoms with E-state index in [1.165, 1.54) is 47.1 Å². The van der Waals surface area contributed by atoms with Crippen LogP contribution < -0.4 is 0 Å². The Bertz CT molecular complexity index is 1050. The van der Waals surface area contributed by atoms with Gasteiger partial charge in [0.25, 0.3) is 0 Å². The Morgan fingerprint density at radius 3 is 2.85 bits per heavy atom. The minimum atomic E-state index is 0.847. The summed E-state index contributed by atoms with van der Waals surface area (Å²) in [6.07, 6.45) is 6.67. The molecule has 0 radical (unpaired) electrons. The number of hydrogen-bond acceptors (Lipinski definition) is 6. The van der Waals surface area contributed by atoms with Crippen LogP contribution in [-0.4, -0.2) is 15.0 Å². The summed E-state index contributed by atoms with van der Waals surface area (Å²) >= 11 is 5.36. The molecule has 0 N–H and O–H groups in total. The third-order valence-electron chi connectivity index (χ3n) is 4.65. The Balaban J connectivity index is 1.41. The fraction of sp³-hybridized carbons (Fsp3) is 0.250. The van der Waals surface area contributed by atoms with Crippen LogP contribution in [0.2, 0.25) is 0 Å². The SMILES string of the molecule is c1ccc(-c2nc(CSc3ncnc4sc5c(c34)CCCC5)cs2)cc1. The first kappa shape index (κ1) is 16.4. The Hall–Kier alpha value is -1.76. The number of fused-ring (bicyclic) bond motifs is 3. The largest absolute Gasteiger partial charge is 0.240 e. The molecule has 6 heteroatoms.